The molecular weight excluding hydrogens is 138 g/mol. The van der Waals surface area contributed by atoms with Crippen LogP contribution in [-0.4, -0.2) is 30.8 Å². The smallest absolute Gasteiger partial charge is 0.124 e. The Morgan fingerprint density at radius 1 is 1.55 bits per heavy atom. The van der Waals surface area contributed by atoms with Crippen LogP contribution < -0.4 is 0 Å². The largest absolute Gasteiger partial charge is 0.359 e. The van der Waals surface area contributed by atoms with E-state index in [4.69, 9.17) is 4.74 Å². The summed E-state index contributed by atoms with van der Waals surface area (Å²) in [5.74, 6) is 0.731. The number of nitrogens with zero attached hydrogens (tertiary/aromatic N) is 1. The van der Waals surface area contributed by atoms with Crippen molar-refractivity contribution in [3.8, 4) is 0 Å². The molecule has 1 saturated heterocycles. The SMILES string of the molecule is C[C@H]1CCC[C@]12OCCN2C. The van der Waals surface area contributed by atoms with Crippen LogP contribution in [0, 0.1) is 5.92 Å². The summed E-state index contributed by atoms with van der Waals surface area (Å²) in [4.78, 5) is 2.39. The van der Waals surface area contributed by atoms with Gasteiger partial charge in [0.05, 0.1) is 6.61 Å². The zero-order valence-corrected chi connectivity index (χ0v) is 7.47. The Bertz CT molecular complexity index is 140. The maximum absolute atomic E-state index is 5.85. The second-order valence-electron chi connectivity index (χ2n) is 3.91. The minimum atomic E-state index is 0.139. The molecule has 2 heteroatoms. The van der Waals surface area contributed by atoms with Crippen LogP contribution in [0.4, 0.5) is 0 Å². The van der Waals surface area contributed by atoms with Crippen molar-refractivity contribution in [1.29, 1.82) is 0 Å². The molecule has 0 unspecified atom stereocenters. The summed E-state index contributed by atoms with van der Waals surface area (Å²) in [6, 6.07) is 0. The summed E-state index contributed by atoms with van der Waals surface area (Å²) >= 11 is 0. The van der Waals surface area contributed by atoms with Crippen LogP contribution in [0.5, 0.6) is 0 Å². The molecule has 2 rings (SSSR count). The molecule has 0 aromatic carbocycles. The molecule has 1 spiro atoms. The van der Waals surface area contributed by atoms with E-state index in [1.807, 2.05) is 0 Å². The summed E-state index contributed by atoms with van der Waals surface area (Å²) in [7, 11) is 2.19. The molecule has 64 valence electrons. The standard InChI is InChI=1S/C9H17NO/c1-8-4-3-5-9(8)10(2)6-7-11-9/h8H,3-7H2,1-2H3/t8-,9-/m0/s1. The van der Waals surface area contributed by atoms with Gasteiger partial charge in [-0.25, -0.2) is 0 Å². The fourth-order valence-corrected chi connectivity index (χ4v) is 2.57. The predicted octanol–water partition coefficient (Wildman–Crippen LogP) is 1.46. The Labute approximate surface area is 68.5 Å². The molecule has 2 atom stereocenters. The van der Waals surface area contributed by atoms with E-state index >= 15 is 0 Å². The topological polar surface area (TPSA) is 12.5 Å². The highest BCUT2D eigenvalue weighted by Gasteiger charge is 2.47. The maximum Gasteiger partial charge on any atom is 0.124 e. The zero-order valence-electron chi connectivity index (χ0n) is 7.47. The van der Waals surface area contributed by atoms with Crippen molar-refractivity contribution in [2.75, 3.05) is 20.2 Å². The third kappa shape index (κ3) is 0.926. The van der Waals surface area contributed by atoms with E-state index in [-0.39, 0.29) is 5.72 Å². The zero-order chi connectivity index (χ0) is 7.90. The Kier molecular flexibility index (Phi) is 1.69. The van der Waals surface area contributed by atoms with E-state index in [2.05, 4.69) is 18.9 Å². The minimum Gasteiger partial charge on any atom is -0.359 e. The second kappa shape index (κ2) is 2.46. The van der Waals surface area contributed by atoms with E-state index < -0.39 is 0 Å². The molecule has 11 heavy (non-hydrogen) atoms. The lowest BCUT2D eigenvalue weighted by Crippen LogP contribution is -2.44. The van der Waals surface area contributed by atoms with E-state index in [9.17, 15) is 0 Å². The van der Waals surface area contributed by atoms with Gasteiger partial charge in [-0.3, -0.25) is 4.90 Å². The molecule has 1 heterocycles. The van der Waals surface area contributed by atoms with Crippen LogP contribution in [-0.2, 0) is 4.74 Å². The number of ether oxygens (including phenoxy) is 1. The van der Waals surface area contributed by atoms with Crippen molar-refractivity contribution in [2.45, 2.75) is 31.9 Å². The van der Waals surface area contributed by atoms with Gasteiger partial charge in [0, 0.05) is 6.54 Å². The van der Waals surface area contributed by atoms with Gasteiger partial charge in [0.2, 0.25) is 0 Å². The molecule has 1 saturated carbocycles. The third-order valence-corrected chi connectivity index (χ3v) is 3.37. The molecule has 1 aliphatic carbocycles. The molecule has 2 fully saturated rings. The first-order chi connectivity index (χ1) is 5.26. The van der Waals surface area contributed by atoms with Gasteiger partial charge >= 0.3 is 0 Å². The first kappa shape index (κ1) is 7.56. The monoisotopic (exact) mass is 155 g/mol. The lowest BCUT2D eigenvalue weighted by Gasteiger charge is -2.34. The number of hydrogen-bond acceptors (Lipinski definition) is 2. The van der Waals surface area contributed by atoms with Gasteiger partial charge in [0.15, 0.2) is 0 Å². The second-order valence-corrected chi connectivity index (χ2v) is 3.91. The number of hydrogen-bond donors (Lipinski definition) is 0. The predicted molar refractivity (Wildman–Crippen MR) is 44.3 cm³/mol. The Balaban J connectivity index is 2.19. The molecule has 0 radical (unpaired) electrons. The highest BCUT2D eigenvalue weighted by Crippen LogP contribution is 2.42. The normalized spacial score (nSPS) is 45.8. The van der Waals surface area contributed by atoms with Crippen molar-refractivity contribution in [3.05, 3.63) is 0 Å². The summed E-state index contributed by atoms with van der Waals surface area (Å²) in [5, 5.41) is 0. The third-order valence-electron chi connectivity index (χ3n) is 3.37. The molecule has 2 aliphatic rings. The van der Waals surface area contributed by atoms with Crippen LogP contribution in [0.25, 0.3) is 0 Å². The van der Waals surface area contributed by atoms with Crippen molar-refractivity contribution >= 4 is 0 Å². The van der Waals surface area contributed by atoms with E-state index in [1.165, 1.54) is 19.3 Å². The molecule has 0 amide bonds. The van der Waals surface area contributed by atoms with E-state index in [0.717, 1.165) is 19.1 Å². The van der Waals surface area contributed by atoms with Crippen molar-refractivity contribution in [3.63, 3.8) is 0 Å². The fraction of sp³-hybridized carbons (Fsp3) is 1.00. The van der Waals surface area contributed by atoms with E-state index in [1.54, 1.807) is 0 Å². The van der Waals surface area contributed by atoms with Crippen LogP contribution >= 0.6 is 0 Å². The lowest BCUT2D eigenvalue weighted by atomic mass is 10.0. The van der Waals surface area contributed by atoms with Gasteiger partial charge in [-0.15, -0.1) is 0 Å². The summed E-state index contributed by atoms with van der Waals surface area (Å²) in [6.07, 6.45) is 3.92. The molecule has 2 nitrogen and oxygen atoms in total. The average Bonchev–Trinajstić information content (AvgIpc) is 2.48. The molecule has 0 aromatic heterocycles. The van der Waals surface area contributed by atoms with Crippen molar-refractivity contribution in [2.24, 2.45) is 5.92 Å². The minimum absolute atomic E-state index is 0.139. The first-order valence-corrected chi connectivity index (χ1v) is 4.61. The van der Waals surface area contributed by atoms with Gasteiger partial charge < -0.3 is 4.74 Å². The van der Waals surface area contributed by atoms with Gasteiger partial charge in [-0.05, 0) is 32.2 Å². The summed E-state index contributed by atoms with van der Waals surface area (Å²) < 4.78 is 5.85. The molecule has 0 aromatic rings. The molecule has 0 bridgehead atoms. The Morgan fingerprint density at radius 3 is 2.82 bits per heavy atom. The van der Waals surface area contributed by atoms with Gasteiger partial charge in [0.1, 0.15) is 5.72 Å². The average molecular weight is 155 g/mol. The summed E-state index contributed by atoms with van der Waals surface area (Å²) in [6.45, 7) is 4.36. The lowest BCUT2D eigenvalue weighted by molar-refractivity contribution is -0.0958. The first-order valence-electron chi connectivity index (χ1n) is 4.61. The molecular formula is C9H17NO. The fourth-order valence-electron chi connectivity index (χ4n) is 2.57. The molecule has 1 aliphatic heterocycles. The van der Waals surface area contributed by atoms with E-state index in [0.29, 0.717) is 0 Å². The van der Waals surface area contributed by atoms with Crippen LogP contribution in [0.15, 0.2) is 0 Å². The maximum atomic E-state index is 5.85. The Hall–Kier alpha value is -0.0800. The van der Waals surface area contributed by atoms with Crippen LogP contribution in [0.3, 0.4) is 0 Å². The van der Waals surface area contributed by atoms with Crippen molar-refractivity contribution in [1.82, 2.24) is 4.90 Å². The summed E-state index contributed by atoms with van der Waals surface area (Å²) in [5.41, 5.74) is 0.139. The van der Waals surface area contributed by atoms with Crippen LogP contribution in [0.1, 0.15) is 26.2 Å². The van der Waals surface area contributed by atoms with Gasteiger partial charge in [0.25, 0.3) is 0 Å². The number of likely N-dealkylation sites (N-methyl/N-ethyl adjacent to an activating group) is 1. The number of rotatable bonds is 0. The Morgan fingerprint density at radius 2 is 2.36 bits per heavy atom. The van der Waals surface area contributed by atoms with Crippen LogP contribution in [0.2, 0.25) is 0 Å². The van der Waals surface area contributed by atoms with Gasteiger partial charge in [-0.2, -0.15) is 0 Å². The van der Waals surface area contributed by atoms with Gasteiger partial charge in [-0.1, -0.05) is 6.92 Å². The highest BCUT2D eigenvalue weighted by atomic mass is 16.5. The quantitative estimate of drug-likeness (QED) is 0.525. The molecule has 0 N–H and O–H groups in total. The highest BCUT2D eigenvalue weighted by molar-refractivity contribution is 4.93. The van der Waals surface area contributed by atoms with Crippen molar-refractivity contribution < 1.29 is 4.74 Å².